The van der Waals surface area contributed by atoms with Crippen LogP contribution in [0.25, 0.3) is 0 Å². The summed E-state index contributed by atoms with van der Waals surface area (Å²) in [6, 6.07) is 0.470. The molecule has 2 heterocycles. The molecule has 1 aliphatic carbocycles. The Balaban J connectivity index is 1.77. The quantitative estimate of drug-likeness (QED) is 0.864. The molecule has 1 N–H and O–H groups in total. The number of allylic oxidation sites excluding steroid dienone is 3. The van der Waals surface area contributed by atoms with Gasteiger partial charge in [-0.25, -0.2) is 9.97 Å². The van der Waals surface area contributed by atoms with E-state index in [1.807, 2.05) is 26.8 Å². The first kappa shape index (κ1) is 19.3. The fraction of sp³-hybridized carbons (Fsp3) is 0.524. The van der Waals surface area contributed by atoms with Crippen molar-refractivity contribution >= 4 is 17.5 Å². The van der Waals surface area contributed by atoms with E-state index in [1.165, 1.54) is 6.33 Å². The zero-order valence-electron chi connectivity index (χ0n) is 16.6. The predicted molar refractivity (Wildman–Crippen MR) is 106 cm³/mol. The summed E-state index contributed by atoms with van der Waals surface area (Å²) in [4.78, 5) is 35.9. The smallest absolute Gasteiger partial charge is 0.270 e. The minimum Gasteiger partial charge on any atom is -0.353 e. The standard InChI is InChI=1S/C21H28N4O2/c1-5-16-7-6-8-25(16)20-15(4)19(23-12-24-20)21(27)22-11-17-14(3)9-13(2)10-18(17)26/h9,12,16H,5-8,10-11H2,1-4H3,(H,22,27). The molecule has 6 heteroatoms. The van der Waals surface area contributed by atoms with Gasteiger partial charge in [-0.1, -0.05) is 18.6 Å². The second kappa shape index (κ2) is 8.03. The van der Waals surface area contributed by atoms with Gasteiger partial charge in [-0.05, 0) is 45.6 Å². The molecule has 1 fully saturated rings. The third-order valence-corrected chi connectivity index (χ3v) is 5.53. The summed E-state index contributed by atoms with van der Waals surface area (Å²) in [7, 11) is 0. The lowest BCUT2D eigenvalue weighted by molar-refractivity contribution is -0.115. The Morgan fingerprint density at radius 1 is 1.30 bits per heavy atom. The highest BCUT2D eigenvalue weighted by molar-refractivity contribution is 6.01. The maximum absolute atomic E-state index is 12.7. The molecule has 1 aromatic heterocycles. The largest absolute Gasteiger partial charge is 0.353 e. The molecule has 0 aromatic carbocycles. The van der Waals surface area contributed by atoms with Crippen molar-refractivity contribution in [1.82, 2.24) is 15.3 Å². The van der Waals surface area contributed by atoms with Crippen LogP contribution in [0.5, 0.6) is 0 Å². The molecule has 1 amide bonds. The number of hydrogen-bond acceptors (Lipinski definition) is 5. The molecule has 1 aromatic rings. The minimum absolute atomic E-state index is 0.0794. The molecule has 1 aliphatic heterocycles. The van der Waals surface area contributed by atoms with Crippen LogP contribution in [0.15, 0.2) is 29.1 Å². The van der Waals surface area contributed by atoms with Crippen LogP contribution in [-0.2, 0) is 4.79 Å². The predicted octanol–water partition coefficient (Wildman–Crippen LogP) is 3.13. The number of rotatable bonds is 5. The number of carbonyl (C=O) groups is 2. The van der Waals surface area contributed by atoms with Crippen LogP contribution in [-0.4, -0.2) is 40.8 Å². The van der Waals surface area contributed by atoms with Gasteiger partial charge in [-0.3, -0.25) is 9.59 Å². The van der Waals surface area contributed by atoms with Gasteiger partial charge in [0.15, 0.2) is 5.78 Å². The summed E-state index contributed by atoms with van der Waals surface area (Å²) < 4.78 is 0. The summed E-state index contributed by atoms with van der Waals surface area (Å²) in [5.74, 6) is 0.667. The minimum atomic E-state index is -0.261. The highest BCUT2D eigenvalue weighted by atomic mass is 16.2. The average molecular weight is 368 g/mol. The Morgan fingerprint density at radius 2 is 2.07 bits per heavy atom. The number of aromatic nitrogens is 2. The summed E-state index contributed by atoms with van der Waals surface area (Å²) in [6.45, 7) is 9.13. The maximum Gasteiger partial charge on any atom is 0.270 e. The lowest BCUT2D eigenvalue weighted by Gasteiger charge is -2.26. The van der Waals surface area contributed by atoms with Gasteiger partial charge >= 0.3 is 0 Å². The Kier molecular flexibility index (Phi) is 5.73. The molecule has 6 nitrogen and oxygen atoms in total. The van der Waals surface area contributed by atoms with E-state index in [-0.39, 0.29) is 18.2 Å². The van der Waals surface area contributed by atoms with Crippen LogP contribution in [0, 0.1) is 6.92 Å². The third kappa shape index (κ3) is 3.94. The van der Waals surface area contributed by atoms with Crippen molar-refractivity contribution in [1.29, 1.82) is 0 Å². The van der Waals surface area contributed by atoms with Gasteiger partial charge in [0, 0.05) is 36.7 Å². The Bertz CT molecular complexity index is 825. The van der Waals surface area contributed by atoms with Gasteiger partial charge in [-0.2, -0.15) is 0 Å². The van der Waals surface area contributed by atoms with Crippen LogP contribution in [0.4, 0.5) is 5.82 Å². The molecule has 1 saturated heterocycles. The van der Waals surface area contributed by atoms with Gasteiger partial charge < -0.3 is 10.2 Å². The van der Waals surface area contributed by atoms with Gasteiger partial charge in [0.1, 0.15) is 17.8 Å². The SMILES string of the molecule is CCC1CCCN1c1ncnc(C(=O)NCC2=C(C)C=C(C)CC2=O)c1C. The number of hydrogen-bond donors (Lipinski definition) is 1. The van der Waals surface area contributed by atoms with Gasteiger partial charge in [0.05, 0.1) is 0 Å². The summed E-state index contributed by atoms with van der Waals surface area (Å²) >= 11 is 0. The van der Waals surface area contributed by atoms with Crippen LogP contribution < -0.4 is 10.2 Å². The van der Waals surface area contributed by atoms with Crippen molar-refractivity contribution in [2.75, 3.05) is 18.0 Å². The lowest BCUT2D eigenvalue weighted by Crippen LogP contribution is -2.33. The monoisotopic (exact) mass is 368 g/mol. The van der Waals surface area contributed by atoms with Crippen LogP contribution >= 0.6 is 0 Å². The van der Waals surface area contributed by atoms with Crippen molar-refractivity contribution in [3.05, 3.63) is 40.4 Å². The number of nitrogens with zero attached hydrogens (tertiary/aromatic N) is 3. The molecule has 1 unspecified atom stereocenters. The second-order valence-corrected chi connectivity index (χ2v) is 7.50. The first-order valence-electron chi connectivity index (χ1n) is 9.69. The molecule has 27 heavy (non-hydrogen) atoms. The summed E-state index contributed by atoms with van der Waals surface area (Å²) in [5.41, 5.74) is 3.83. The summed E-state index contributed by atoms with van der Waals surface area (Å²) in [6.07, 6.45) is 7.26. The molecular formula is C21H28N4O2. The van der Waals surface area contributed by atoms with E-state index in [9.17, 15) is 9.59 Å². The van der Waals surface area contributed by atoms with E-state index >= 15 is 0 Å². The highest BCUT2D eigenvalue weighted by Gasteiger charge is 2.27. The fourth-order valence-corrected chi connectivity index (χ4v) is 4.08. The molecule has 0 radical (unpaired) electrons. The van der Waals surface area contributed by atoms with Crippen molar-refractivity contribution in [3.8, 4) is 0 Å². The third-order valence-electron chi connectivity index (χ3n) is 5.53. The number of anilines is 1. The Labute approximate surface area is 160 Å². The van der Waals surface area contributed by atoms with E-state index < -0.39 is 0 Å². The first-order valence-corrected chi connectivity index (χ1v) is 9.69. The molecule has 3 rings (SSSR count). The van der Waals surface area contributed by atoms with Crippen LogP contribution in [0.3, 0.4) is 0 Å². The number of Topliss-reactive ketones (excluding diaryl/α,β-unsaturated/α-hetero) is 1. The van der Waals surface area contributed by atoms with E-state index in [1.54, 1.807) is 0 Å². The topological polar surface area (TPSA) is 75.2 Å². The number of nitrogens with one attached hydrogen (secondary N) is 1. The van der Waals surface area contributed by atoms with Crippen LogP contribution in [0.2, 0.25) is 0 Å². The van der Waals surface area contributed by atoms with Gasteiger partial charge in [0.2, 0.25) is 0 Å². The Hall–Kier alpha value is -2.50. The van der Waals surface area contributed by atoms with Gasteiger partial charge in [0.25, 0.3) is 5.91 Å². The zero-order valence-corrected chi connectivity index (χ0v) is 16.6. The normalized spacial score (nSPS) is 20.1. The second-order valence-electron chi connectivity index (χ2n) is 7.50. The molecule has 144 valence electrons. The van der Waals surface area contributed by atoms with E-state index in [4.69, 9.17) is 0 Å². The number of ketones is 1. The van der Waals surface area contributed by atoms with Crippen LogP contribution in [0.1, 0.15) is 62.5 Å². The number of carbonyl (C=O) groups excluding carboxylic acids is 2. The molecule has 0 saturated carbocycles. The molecular weight excluding hydrogens is 340 g/mol. The fourth-order valence-electron chi connectivity index (χ4n) is 4.08. The van der Waals surface area contributed by atoms with Crippen molar-refractivity contribution in [2.45, 2.75) is 59.4 Å². The molecule has 1 atom stereocenters. The first-order chi connectivity index (χ1) is 12.9. The molecule has 2 aliphatic rings. The Morgan fingerprint density at radius 3 is 2.78 bits per heavy atom. The molecule has 0 spiro atoms. The van der Waals surface area contributed by atoms with E-state index in [2.05, 4.69) is 27.1 Å². The van der Waals surface area contributed by atoms with Crippen molar-refractivity contribution < 1.29 is 9.59 Å². The zero-order chi connectivity index (χ0) is 19.6. The lowest BCUT2D eigenvalue weighted by atomic mass is 9.92. The van der Waals surface area contributed by atoms with Crippen molar-refractivity contribution in [3.63, 3.8) is 0 Å². The van der Waals surface area contributed by atoms with Crippen molar-refractivity contribution in [2.24, 2.45) is 0 Å². The molecule has 0 bridgehead atoms. The average Bonchev–Trinajstić information content (AvgIpc) is 3.09. The van der Waals surface area contributed by atoms with E-state index in [0.717, 1.165) is 48.3 Å². The highest BCUT2D eigenvalue weighted by Crippen LogP contribution is 2.29. The van der Waals surface area contributed by atoms with Gasteiger partial charge in [-0.15, -0.1) is 0 Å². The maximum atomic E-state index is 12.7. The summed E-state index contributed by atoms with van der Waals surface area (Å²) in [5, 5.41) is 2.87. The number of amides is 1. The van der Waals surface area contributed by atoms with E-state index in [0.29, 0.717) is 23.7 Å².